The lowest BCUT2D eigenvalue weighted by atomic mass is 9.92. The molecule has 0 aliphatic heterocycles. The number of hydrogen-bond acceptors (Lipinski definition) is 1. The maximum absolute atomic E-state index is 13.8. The van der Waals surface area contributed by atoms with Crippen LogP contribution in [0.1, 0.15) is 32.8 Å². The summed E-state index contributed by atoms with van der Waals surface area (Å²) in [5, 5.41) is 2.54. The average Bonchev–Trinajstić information content (AvgIpc) is 2.54. The van der Waals surface area contributed by atoms with E-state index in [1.165, 1.54) is 6.07 Å². The van der Waals surface area contributed by atoms with E-state index in [0.29, 0.717) is 13.1 Å². The van der Waals surface area contributed by atoms with Gasteiger partial charge in [-0.2, -0.15) is 0 Å². The molecule has 0 saturated heterocycles. The zero-order valence-electron chi connectivity index (χ0n) is 14.9. The third-order valence-corrected chi connectivity index (χ3v) is 3.81. The predicted octanol–water partition coefficient (Wildman–Crippen LogP) is 5.44. The molecule has 134 valence electrons. The van der Waals surface area contributed by atoms with Gasteiger partial charge in [0.25, 0.3) is 0 Å². The molecular weight excluding hydrogens is 322 g/mol. The van der Waals surface area contributed by atoms with Gasteiger partial charge in [-0.15, -0.1) is 0 Å². The van der Waals surface area contributed by atoms with Crippen LogP contribution in [-0.4, -0.2) is 17.5 Å². The first-order valence-corrected chi connectivity index (χ1v) is 8.29. The molecule has 0 aliphatic rings. The molecule has 0 aliphatic carbocycles. The van der Waals surface area contributed by atoms with Gasteiger partial charge in [-0.3, -0.25) is 0 Å². The summed E-state index contributed by atoms with van der Waals surface area (Å²) in [4.78, 5) is 14.3. The summed E-state index contributed by atoms with van der Waals surface area (Å²) in [6.45, 7) is 7.26. The number of rotatable bonds is 5. The highest BCUT2D eigenvalue weighted by atomic mass is 19.1. The summed E-state index contributed by atoms with van der Waals surface area (Å²) in [5.41, 5.74) is 1.03. The number of nitrogens with one attached hydrogen (secondary N) is 1. The Labute approximate surface area is 147 Å². The minimum absolute atomic E-state index is 0.0276. The van der Waals surface area contributed by atoms with Crippen LogP contribution in [0.4, 0.5) is 19.3 Å². The summed E-state index contributed by atoms with van der Waals surface area (Å²) >= 11 is 0. The third kappa shape index (κ3) is 6.18. The average molecular weight is 346 g/mol. The van der Waals surface area contributed by atoms with Gasteiger partial charge in [0.15, 0.2) is 0 Å². The number of halogens is 2. The van der Waals surface area contributed by atoms with E-state index in [1.807, 2.05) is 30.3 Å². The van der Waals surface area contributed by atoms with Gasteiger partial charge >= 0.3 is 6.03 Å². The second-order valence-corrected chi connectivity index (χ2v) is 7.27. The fourth-order valence-electron chi connectivity index (χ4n) is 2.31. The van der Waals surface area contributed by atoms with Gasteiger partial charge in [0.1, 0.15) is 11.6 Å². The SMILES string of the molecule is CC(C)(C)CCN(Cc1ccccc1)C(=O)Nc1ccc(F)cc1F. The highest BCUT2D eigenvalue weighted by Crippen LogP contribution is 2.21. The van der Waals surface area contributed by atoms with Crippen molar-refractivity contribution in [2.24, 2.45) is 5.41 Å². The molecule has 25 heavy (non-hydrogen) atoms. The molecule has 0 heterocycles. The smallest absolute Gasteiger partial charge is 0.320 e. The normalized spacial score (nSPS) is 11.2. The molecule has 0 fully saturated rings. The molecule has 2 amide bonds. The molecule has 2 aromatic carbocycles. The van der Waals surface area contributed by atoms with Gasteiger partial charge < -0.3 is 10.2 Å². The minimum atomic E-state index is -0.788. The van der Waals surface area contributed by atoms with Gasteiger partial charge in [0.05, 0.1) is 5.69 Å². The molecule has 0 radical (unpaired) electrons. The third-order valence-electron chi connectivity index (χ3n) is 3.81. The van der Waals surface area contributed by atoms with Crippen LogP contribution in [0.5, 0.6) is 0 Å². The molecular formula is C20H24F2N2O. The van der Waals surface area contributed by atoms with Crippen molar-refractivity contribution in [3.05, 3.63) is 65.7 Å². The summed E-state index contributed by atoms with van der Waals surface area (Å²) in [7, 11) is 0. The van der Waals surface area contributed by atoms with E-state index in [0.717, 1.165) is 24.1 Å². The zero-order chi connectivity index (χ0) is 18.4. The van der Waals surface area contributed by atoms with E-state index in [2.05, 4.69) is 26.1 Å². The van der Waals surface area contributed by atoms with Crippen molar-refractivity contribution >= 4 is 11.7 Å². The first kappa shape index (κ1) is 18.9. The maximum atomic E-state index is 13.8. The van der Waals surface area contributed by atoms with Gasteiger partial charge in [-0.25, -0.2) is 13.6 Å². The molecule has 2 aromatic rings. The second kappa shape index (κ2) is 8.10. The quantitative estimate of drug-likeness (QED) is 0.769. The molecule has 0 saturated carbocycles. The van der Waals surface area contributed by atoms with Crippen LogP contribution in [0.2, 0.25) is 0 Å². The van der Waals surface area contributed by atoms with Gasteiger partial charge in [0, 0.05) is 19.2 Å². The first-order chi connectivity index (χ1) is 11.7. The molecule has 0 spiro atoms. The van der Waals surface area contributed by atoms with Gasteiger partial charge in [-0.05, 0) is 29.5 Å². The lowest BCUT2D eigenvalue weighted by Crippen LogP contribution is -2.36. The molecule has 0 atom stereocenters. The van der Waals surface area contributed by atoms with Gasteiger partial charge in [0.2, 0.25) is 0 Å². The van der Waals surface area contributed by atoms with Crippen LogP contribution in [0.3, 0.4) is 0 Å². The lowest BCUT2D eigenvalue weighted by molar-refractivity contribution is 0.198. The molecule has 5 heteroatoms. The van der Waals surface area contributed by atoms with E-state index in [9.17, 15) is 13.6 Å². The molecule has 1 N–H and O–H groups in total. The van der Waals surface area contributed by atoms with Crippen LogP contribution in [0, 0.1) is 17.0 Å². The fraction of sp³-hybridized carbons (Fsp3) is 0.350. The Bertz CT molecular complexity index is 711. The van der Waals surface area contributed by atoms with Crippen molar-refractivity contribution < 1.29 is 13.6 Å². The largest absolute Gasteiger partial charge is 0.322 e. The lowest BCUT2D eigenvalue weighted by Gasteiger charge is -2.27. The van der Waals surface area contributed by atoms with Crippen LogP contribution in [0.25, 0.3) is 0 Å². The molecule has 2 rings (SSSR count). The maximum Gasteiger partial charge on any atom is 0.322 e. The van der Waals surface area contributed by atoms with Crippen LogP contribution in [0.15, 0.2) is 48.5 Å². The zero-order valence-corrected chi connectivity index (χ0v) is 14.9. The monoisotopic (exact) mass is 346 g/mol. The number of nitrogens with zero attached hydrogens (tertiary/aromatic N) is 1. The Morgan fingerprint density at radius 1 is 1.08 bits per heavy atom. The Balaban J connectivity index is 2.13. The molecule has 0 aromatic heterocycles. The van der Waals surface area contributed by atoms with Crippen LogP contribution >= 0.6 is 0 Å². The summed E-state index contributed by atoms with van der Waals surface area (Å²) in [6, 6.07) is 12.3. The number of urea groups is 1. The number of carbonyl (C=O) groups is 1. The Hall–Kier alpha value is -2.43. The minimum Gasteiger partial charge on any atom is -0.320 e. The number of amides is 2. The van der Waals surface area contributed by atoms with Gasteiger partial charge in [-0.1, -0.05) is 51.1 Å². The van der Waals surface area contributed by atoms with Crippen molar-refractivity contribution in [3.63, 3.8) is 0 Å². The van der Waals surface area contributed by atoms with Crippen molar-refractivity contribution in [1.82, 2.24) is 4.90 Å². The molecule has 3 nitrogen and oxygen atoms in total. The van der Waals surface area contributed by atoms with E-state index in [-0.39, 0.29) is 11.1 Å². The fourth-order valence-corrected chi connectivity index (χ4v) is 2.31. The van der Waals surface area contributed by atoms with E-state index >= 15 is 0 Å². The second-order valence-electron chi connectivity index (χ2n) is 7.27. The first-order valence-electron chi connectivity index (χ1n) is 8.29. The highest BCUT2D eigenvalue weighted by Gasteiger charge is 2.19. The van der Waals surface area contributed by atoms with E-state index in [4.69, 9.17) is 0 Å². The number of benzene rings is 2. The van der Waals surface area contributed by atoms with Crippen LogP contribution < -0.4 is 5.32 Å². The molecule has 0 bridgehead atoms. The van der Waals surface area contributed by atoms with E-state index < -0.39 is 17.7 Å². The highest BCUT2D eigenvalue weighted by molar-refractivity contribution is 5.89. The summed E-state index contributed by atoms with van der Waals surface area (Å²) in [5.74, 6) is -1.46. The number of anilines is 1. The Morgan fingerprint density at radius 2 is 1.76 bits per heavy atom. The summed E-state index contributed by atoms with van der Waals surface area (Å²) in [6.07, 6.45) is 0.805. The van der Waals surface area contributed by atoms with Crippen LogP contribution in [-0.2, 0) is 6.54 Å². The van der Waals surface area contributed by atoms with Crippen molar-refractivity contribution in [3.8, 4) is 0 Å². The van der Waals surface area contributed by atoms with Crippen molar-refractivity contribution in [1.29, 1.82) is 0 Å². The molecule has 0 unspecified atom stereocenters. The topological polar surface area (TPSA) is 32.3 Å². The van der Waals surface area contributed by atoms with Crippen molar-refractivity contribution in [2.45, 2.75) is 33.7 Å². The Morgan fingerprint density at radius 3 is 2.36 bits per heavy atom. The van der Waals surface area contributed by atoms with Crippen molar-refractivity contribution in [2.75, 3.05) is 11.9 Å². The predicted molar refractivity (Wildman–Crippen MR) is 96.3 cm³/mol. The summed E-state index contributed by atoms with van der Waals surface area (Å²) < 4.78 is 26.8. The standard InChI is InChI=1S/C20H24F2N2O/c1-20(2,3)11-12-24(14-15-7-5-4-6-8-15)19(25)23-18-10-9-16(21)13-17(18)22/h4-10,13H,11-12,14H2,1-3H3,(H,23,25). The number of hydrogen-bond donors (Lipinski definition) is 1. The Kier molecular flexibility index (Phi) is 6.12. The number of carbonyl (C=O) groups excluding carboxylic acids is 1. The van der Waals surface area contributed by atoms with E-state index in [1.54, 1.807) is 4.90 Å².